The van der Waals surface area contributed by atoms with E-state index in [9.17, 15) is 9.59 Å². The van der Waals surface area contributed by atoms with E-state index in [0.29, 0.717) is 27.5 Å². The van der Waals surface area contributed by atoms with Crippen LogP contribution in [0.4, 0.5) is 11.4 Å². The smallest absolute Gasteiger partial charge is 0.257 e. The first-order valence-corrected chi connectivity index (χ1v) is 9.18. The van der Waals surface area contributed by atoms with Crippen molar-refractivity contribution in [1.82, 2.24) is 5.32 Å². The van der Waals surface area contributed by atoms with Crippen molar-refractivity contribution in [3.8, 4) is 0 Å². The summed E-state index contributed by atoms with van der Waals surface area (Å²) in [7, 11) is 0. The minimum atomic E-state index is -0.330. The molecule has 0 aliphatic heterocycles. The number of nitrogens with two attached hydrogens (primary N) is 1. The third-order valence-corrected chi connectivity index (χ3v) is 4.94. The van der Waals surface area contributed by atoms with Crippen LogP contribution in [0.5, 0.6) is 0 Å². The summed E-state index contributed by atoms with van der Waals surface area (Å²) in [5, 5.41) is 6.17. The molecular formula is C20H23Cl2N3O2. The Bertz CT molecular complexity index is 821. The molecule has 0 aromatic heterocycles. The van der Waals surface area contributed by atoms with Crippen molar-refractivity contribution in [3.05, 3.63) is 58.6 Å². The highest BCUT2D eigenvalue weighted by Crippen LogP contribution is 2.23. The van der Waals surface area contributed by atoms with Crippen LogP contribution in [0.1, 0.15) is 52.8 Å². The maximum atomic E-state index is 12.6. The Kier molecular flexibility index (Phi) is 7.51. The monoisotopic (exact) mass is 407 g/mol. The van der Waals surface area contributed by atoms with Crippen LogP contribution in [0.15, 0.2) is 42.5 Å². The zero-order valence-corrected chi connectivity index (χ0v) is 16.4. The second-order valence-corrected chi connectivity index (χ2v) is 6.95. The van der Waals surface area contributed by atoms with Crippen LogP contribution < -0.4 is 16.4 Å². The van der Waals surface area contributed by atoms with Crippen molar-refractivity contribution >= 4 is 47.2 Å². The molecular weight excluding hydrogens is 385 g/mol. The fourth-order valence-corrected chi connectivity index (χ4v) is 3.39. The van der Waals surface area contributed by atoms with Crippen LogP contribution in [0.2, 0.25) is 5.02 Å². The van der Waals surface area contributed by atoms with Crippen molar-refractivity contribution in [2.24, 2.45) is 0 Å². The van der Waals surface area contributed by atoms with E-state index in [1.54, 1.807) is 42.5 Å². The highest BCUT2D eigenvalue weighted by molar-refractivity contribution is 6.34. The molecule has 5 nitrogen and oxygen atoms in total. The first-order valence-electron chi connectivity index (χ1n) is 8.81. The van der Waals surface area contributed by atoms with Crippen molar-refractivity contribution in [2.45, 2.75) is 38.1 Å². The average Bonchev–Trinajstić information content (AvgIpc) is 2.64. The molecule has 7 heteroatoms. The number of nitrogens with one attached hydrogen (secondary N) is 2. The third-order valence-electron chi connectivity index (χ3n) is 4.61. The predicted octanol–water partition coefficient (Wildman–Crippen LogP) is 4.66. The largest absolute Gasteiger partial charge is 0.398 e. The zero-order chi connectivity index (χ0) is 18.5. The van der Waals surface area contributed by atoms with Gasteiger partial charge in [-0.3, -0.25) is 9.59 Å². The van der Waals surface area contributed by atoms with E-state index in [2.05, 4.69) is 10.6 Å². The molecule has 1 fully saturated rings. The number of nitrogen functional groups attached to an aromatic ring is 1. The number of hydrogen-bond acceptors (Lipinski definition) is 3. The second-order valence-electron chi connectivity index (χ2n) is 6.54. The van der Waals surface area contributed by atoms with Crippen LogP contribution in [0, 0.1) is 0 Å². The van der Waals surface area contributed by atoms with E-state index in [1.165, 1.54) is 6.42 Å². The number of hydrogen-bond donors (Lipinski definition) is 3. The maximum Gasteiger partial charge on any atom is 0.257 e. The molecule has 0 heterocycles. The lowest BCUT2D eigenvalue weighted by molar-refractivity contribution is 0.0926. The lowest BCUT2D eigenvalue weighted by Crippen LogP contribution is -2.36. The molecule has 144 valence electrons. The van der Waals surface area contributed by atoms with Crippen molar-refractivity contribution < 1.29 is 9.59 Å². The number of rotatable bonds is 4. The fraction of sp³-hybridized carbons (Fsp3) is 0.300. The molecule has 0 atom stereocenters. The van der Waals surface area contributed by atoms with E-state index in [-0.39, 0.29) is 30.3 Å². The number of benzene rings is 2. The van der Waals surface area contributed by atoms with Gasteiger partial charge in [0.05, 0.1) is 16.1 Å². The van der Waals surface area contributed by atoms with Crippen molar-refractivity contribution in [2.75, 3.05) is 11.1 Å². The average molecular weight is 408 g/mol. The Labute approximate surface area is 170 Å². The van der Waals surface area contributed by atoms with E-state index >= 15 is 0 Å². The topological polar surface area (TPSA) is 84.2 Å². The van der Waals surface area contributed by atoms with Crippen LogP contribution in [-0.2, 0) is 0 Å². The molecule has 2 amide bonds. The molecule has 0 spiro atoms. The Hall–Kier alpha value is -2.24. The molecule has 0 unspecified atom stereocenters. The molecule has 27 heavy (non-hydrogen) atoms. The first kappa shape index (κ1) is 21.1. The summed E-state index contributed by atoms with van der Waals surface area (Å²) in [5.74, 6) is -0.540. The normalized spacial score (nSPS) is 14.1. The Morgan fingerprint density at radius 1 is 0.963 bits per heavy atom. The molecule has 2 aromatic rings. The molecule has 0 radical (unpaired) electrons. The minimum Gasteiger partial charge on any atom is -0.398 e. The van der Waals surface area contributed by atoms with Gasteiger partial charge in [0, 0.05) is 17.4 Å². The molecule has 0 saturated heterocycles. The predicted molar refractivity (Wildman–Crippen MR) is 112 cm³/mol. The molecule has 1 aliphatic carbocycles. The van der Waals surface area contributed by atoms with Gasteiger partial charge in [0.1, 0.15) is 0 Å². The molecule has 1 saturated carbocycles. The van der Waals surface area contributed by atoms with Gasteiger partial charge in [0.25, 0.3) is 11.8 Å². The summed E-state index contributed by atoms with van der Waals surface area (Å²) < 4.78 is 0. The van der Waals surface area contributed by atoms with Gasteiger partial charge in [-0.2, -0.15) is 0 Å². The highest BCUT2D eigenvalue weighted by atomic mass is 35.5. The van der Waals surface area contributed by atoms with Gasteiger partial charge in [-0.1, -0.05) is 43.0 Å². The van der Waals surface area contributed by atoms with Gasteiger partial charge in [-0.15, -0.1) is 12.4 Å². The lowest BCUT2D eigenvalue weighted by Gasteiger charge is -2.23. The number of halogens is 2. The summed E-state index contributed by atoms with van der Waals surface area (Å²) in [6.07, 6.45) is 5.47. The summed E-state index contributed by atoms with van der Waals surface area (Å²) >= 11 is 6.19. The van der Waals surface area contributed by atoms with Crippen LogP contribution in [0.3, 0.4) is 0 Å². The molecule has 4 N–H and O–H groups in total. The minimum absolute atomic E-state index is 0. The van der Waals surface area contributed by atoms with E-state index in [4.69, 9.17) is 17.3 Å². The van der Waals surface area contributed by atoms with Gasteiger partial charge < -0.3 is 16.4 Å². The van der Waals surface area contributed by atoms with Gasteiger partial charge in [0.15, 0.2) is 0 Å². The van der Waals surface area contributed by atoms with Crippen LogP contribution in [-0.4, -0.2) is 17.9 Å². The Morgan fingerprint density at radius 2 is 1.67 bits per heavy atom. The van der Waals surface area contributed by atoms with Crippen molar-refractivity contribution in [3.63, 3.8) is 0 Å². The van der Waals surface area contributed by atoms with Crippen molar-refractivity contribution in [1.29, 1.82) is 0 Å². The SMILES string of the molecule is Cl.Nc1ccccc1C(=O)Nc1ccc(Cl)c(C(=O)NC2CCCCC2)c1. The number of carbonyl (C=O) groups excluding carboxylic acids is 2. The van der Waals surface area contributed by atoms with Gasteiger partial charge in [-0.25, -0.2) is 0 Å². The summed E-state index contributed by atoms with van der Waals surface area (Å²) in [4.78, 5) is 25.0. The van der Waals surface area contributed by atoms with E-state index < -0.39 is 0 Å². The van der Waals surface area contributed by atoms with Gasteiger partial charge >= 0.3 is 0 Å². The first-order chi connectivity index (χ1) is 12.5. The lowest BCUT2D eigenvalue weighted by atomic mass is 9.95. The number of carbonyl (C=O) groups is 2. The summed E-state index contributed by atoms with van der Waals surface area (Å²) in [6.45, 7) is 0. The number of anilines is 2. The zero-order valence-electron chi connectivity index (χ0n) is 14.8. The van der Waals surface area contributed by atoms with Gasteiger partial charge in [0.2, 0.25) is 0 Å². The van der Waals surface area contributed by atoms with Crippen LogP contribution >= 0.6 is 24.0 Å². The molecule has 3 rings (SSSR count). The maximum absolute atomic E-state index is 12.6. The molecule has 0 bridgehead atoms. The summed E-state index contributed by atoms with van der Waals surface area (Å²) in [5.41, 5.74) is 7.47. The third kappa shape index (κ3) is 5.37. The van der Waals surface area contributed by atoms with E-state index in [1.807, 2.05) is 0 Å². The summed E-state index contributed by atoms with van der Waals surface area (Å²) in [6, 6.07) is 11.9. The quantitative estimate of drug-likeness (QED) is 0.644. The Balaban J connectivity index is 0.00000261. The highest BCUT2D eigenvalue weighted by Gasteiger charge is 2.19. The second kappa shape index (κ2) is 9.62. The fourth-order valence-electron chi connectivity index (χ4n) is 3.19. The van der Waals surface area contributed by atoms with Gasteiger partial charge in [-0.05, 0) is 43.2 Å². The number of amides is 2. The van der Waals surface area contributed by atoms with E-state index in [0.717, 1.165) is 25.7 Å². The standard InChI is InChI=1S/C20H22ClN3O2.ClH/c21-17-11-10-14(24-19(25)15-8-4-5-9-18(15)22)12-16(17)20(26)23-13-6-2-1-3-7-13;/h4-5,8-13H,1-3,6-7,22H2,(H,23,26)(H,24,25);1H. The number of para-hydroxylation sites is 1. The Morgan fingerprint density at radius 3 is 2.37 bits per heavy atom. The van der Waals surface area contributed by atoms with Crippen LogP contribution in [0.25, 0.3) is 0 Å². The molecule has 1 aliphatic rings. The molecule has 2 aromatic carbocycles.